The topological polar surface area (TPSA) is 87.0 Å². The molecule has 0 unspecified atom stereocenters. The van der Waals surface area contributed by atoms with Gasteiger partial charge < -0.3 is 16.2 Å². The Bertz CT molecular complexity index is 572. The fraction of sp³-hybridized carbons (Fsp3) is 0.167. The summed E-state index contributed by atoms with van der Waals surface area (Å²) >= 11 is 12.1. The summed E-state index contributed by atoms with van der Waals surface area (Å²) in [6.07, 6.45) is 0. The number of benzene rings is 1. The van der Waals surface area contributed by atoms with Gasteiger partial charge in [-0.2, -0.15) is 0 Å². The third kappa shape index (κ3) is 3.26. The number of ether oxygens (including phenoxy) is 1. The highest BCUT2D eigenvalue weighted by Crippen LogP contribution is 2.36. The summed E-state index contributed by atoms with van der Waals surface area (Å²) in [5.74, 6) is 0.652. The van der Waals surface area contributed by atoms with E-state index in [-0.39, 0.29) is 11.1 Å². The molecule has 0 fully saturated rings. The number of nitrogens with two attached hydrogens (primary N) is 2. The molecule has 2 rings (SSSR count). The second-order valence-corrected chi connectivity index (χ2v) is 4.48. The monoisotopic (exact) mass is 298 g/mol. The molecule has 5 nitrogen and oxygen atoms in total. The molecule has 0 saturated carbocycles. The van der Waals surface area contributed by atoms with Gasteiger partial charge in [-0.25, -0.2) is 9.97 Å². The van der Waals surface area contributed by atoms with Crippen LogP contribution in [0.1, 0.15) is 0 Å². The Morgan fingerprint density at radius 1 is 1.21 bits per heavy atom. The van der Waals surface area contributed by atoms with Crippen molar-refractivity contribution in [2.24, 2.45) is 5.73 Å². The van der Waals surface area contributed by atoms with Gasteiger partial charge in [-0.1, -0.05) is 29.3 Å². The van der Waals surface area contributed by atoms with E-state index in [4.69, 9.17) is 39.4 Å². The number of anilines is 1. The molecule has 0 bridgehead atoms. The highest BCUT2D eigenvalue weighted by molar-refractivity contribution is 6.34. The van der Waals surface area contributed by atoms with E-state index in [2.05, 4.69) is 9.97 Å². The lowest BCUT2D eigenvalue weighted by molar-refractivity contribution is 0.329. The summed E-state index contributed by atoms with van der Waals surface area (Å²) in [5.41, 5.74) is 12.1. The molecule has 0 radical (unpaired) electrons. The first-order valence-electron chi connectivity index (χ1n) is 5.53. The fourth-order valence-corrected chi connectivity index (χ4v) is 2.06. The van der Waals surface area contributed by atoms with Gasteiger partial charge in [-0.3, -0.25) is 0 Å². The van der Waals surface area contributed by atoms with E-state index in [1.165, 1.54) is 0 Å². The molecule has 1 aromatic heterocycles. The van der Waals surface area contributed by atoms with Crippen molar-refractivity contribution in [2.45, 2.75) is 0 Å². The SMILES string of the molecule is NCCOc1cccc(Cl)c1-c1cc(Cl)nc(N)n1. The fourth-order valence-electron chi connectivity index (χ4n) is 1.61. The minimum absolute atomic E-state index is 0.0761. The van der Waals surface area contributed by atoms with Crippen LogP contribution in [0.4, 0.5) is 5.95 Å². The molecule has 2 aromatic rings. The number of halogens is 2. The van der Waals surface area contributed by atoms with Crippen molar-refractivity contribution in [3.8, 4) is 17.0 Å². The number of hydrogen-bond acceptors (Lipinski definition) is 5. The Morgan fingerprint density at radius 3 is 2.68 bits per heavy atom. The van der Waals surface area contributed by atoms with Crippen molar-refractivity contribution < 1.29 is 4.74 Å². The molecule has 100 valence electrons. The normalized spacial score (nSPS) is 10.5. The molecule has 0 aliphatic carbocycles. The maximum atomic E-state index is 6.19. The first-order valence-corrected chi connectivity index (χ1v) is 6.29. The number of nitrogen functional groups attached to an aromatic ring is 1. The average molecular weight is 299 g/mol. The lowest BCUT2D eigenvalue weighted by Crippen LogP contribution is -2.11. The minimum atomic E-state index is 0.0761. The van der Waals surface area contributed by atoms with E-state index in [1.54, 1.807) is 24.3 Å². The Morgan fingerprint density at radius 2 is 2.00 bits per heavy atom. The molecular weight excluding hydrogens is 287 g/mol. The van der Waals surface area contributed by atoms with E-state index in [9.17, 15) is 0 Å². The Kier molecular flexibility index (Phi) is 4.42. The maximum Gasteiger partial charge on any atom is 0.221 e. The van der Waals surface area contributed by atoms with Crippen LogP contribution in [-0.2, 0) is 0 Å². The van der Waals surface area contributed by atoms with Gasteiger partial charge in [0.05, 0.1) is 16.3 Å². The van der Waals surface area contributed by atoms with Crippen LogP contribution in [0.25, 0.3) is 11.3 Å². The van der Waals surface area contributed by atoms with Gasteiger partial charge in [0.2, 0.25) is 5.95 Å². The summed E-state index contributed by atoms with van der Waals surface area (Å²) in [4.78, 5) is 7.93. The van der Waals surface area contributed by atoms with Crippen LogP contribution in [0, 0.1) is 0 Å². The zero-order chi connectivity index (χ0) is 13.8. The Balaban J connectivity index is 2.53. The zero-order valence-electron chi connectivity index (χ0n) is 9.94. The molecule has 1 heterocycles. The molecular formula is C12H12Cl2N4O. The molecule has 0 spiro atoms. The van der Waals surface area contributed by atoms with E-state index in [1.807, 2.05) is 0 Å². The second-order valence-electron chi connectivity index (χ2n) is 3.68. The standard InChI is InChI=1S/C12H12Cl2N4O/c13-7-2-1-3-9(19-5-4-15)11(7)8-6-10(14)18-12(16)17-8/h1-3,6H,4-5,15H2,(H2,16,17,18). The van der Waals surface area contributed by atoms with Crippen LogP contribution < -0.4 is 16.2 Å². The minimum Gasteiger partial charge on any atom is -0.492 e. The summed E-state index contributed by atoms with van der Waals surface area (Å²) < 4.78 is 5.55. The van der Waals surface area contributed by atoms with Gasteiger partial charge in [0, 0.05) is 12.6 Å². The number of aromatic nitrogens is 2. The average Bonchev–Trinajstić information content (AvgIpc) is 2.35. The molecule has 7 heteroatoms. The quantitative estimate of drug-likeness (QED) is 0.846. The molecule has 0 amide bonds. The Hall–Kier alpha value is -1.56. The first kappa shape index (κ1) is 13.9. The predicted molar refractivity (Wildman–Crippen MR) is 76.4 cm³/mol. The summed E-state index contributed by atoms with van der Waals surface area (Å²) in [6.45, 7) is 0.778. The van der Waals surface area contributed by atoms with E-state index in [0.29, 0.717) is 35.2 Å². The molecule has 0 aliphatic rings. The van der Waals surface area contributed by atoms with Crippen LogP contribution in [0.15, 0.2) is 24.3 Å². The van der Waals surface area contributed by atoms with Gasteiger partial charge in [0.1, 0.15) is 17.5 Å². The van der Waals surface area contributed by atoms with E-state index >= 15 is 0 Å². The summed E-state index contributed by atoms with van der Waals surface area (Å²) in [5, 5.41) is 0.732. The van der Waals surface area contributed by atoms with Gasteiger partial charge in [-0.05, 0) is 12.1 Å². The number of rotatable bonds is 4. The largest absolute Gasteiger partial charge is 0.492 e. The number of nitrogens with zero attached hydrogens (tertiary/aromatic N) is 2. The molecule has 19 heavy (non-hydrogen) atoms. The van der Waals surface area contributed by atoms with Gasteiger partial charge in [-0.15, -0.1) is 0 Å². The molecule has 1 aromatic carbocycles. The smallest absolute Gasteiger partial charge is 0.221 e. The maximum absolute atomic E-state index is 6.19. The highest BCUT2D eigenvalue weighted by atomic mass is 35.5. The van der Waals surface area contributed by atoms with E-state index < -0.39 is 0 Å². The van der Waals surface area contributed by atoms with Crippen molar-refractivity contribution in [3.63, 3.8) is 0 Å². The lowest BCUT2D eigenvalue weighted by Gasteiger charge is -2.12. The number of hydrogen-bond donors (Lipinski definition) is 2. The lowest BCUT2D eigenvalue weighted by atomic mass is 10.1. The molecule has 0 aliphatic heterocycles. The predicted octanol–water partition coefficient (Wildman–Crippen LogP) is 2.37. The van der Waals surface area contributed by atoms with Crippen LogP contribution in [-0.4, -0.2) is 23.1 Å². The molecule has 0 atom stereocenters. The molecule has 0 saturated heterocycles. The van der Waals surface area contributed by atoms with Crippen LogP contribution in [0.2, 0.25) is 10.2 Å². The van der Waals surface area contributed by atoms with Crippen LogP contribution in [0.5, 0.6) is 5.75 Å². The highest BCUT2D eigenvalue weighted by Gasteiger charge is 2.14. The van der Waals surface area contributed by atoms with Crippen molar-refractivity contribution in [3.05, 3.63) is 34.4 Å². The first-order chi connectivity index (χ1) is 9.11. The van der Waals surface area contributed by atoms with Crippen molar-refractivity contribution >= 4 is 29.2 Å². The summed E-state index contributed by atoms with van der Waals surface area (Å²) in [7, 11) is 0. The van der Waals surface area contributed by atoms with Gasteiger partial charge >= 0.3 is 0 Å². The van der Waals surface area contributed by atoms with Gasteiger partial charge in [0.25, 0.3) is 0 Å². The van der Waals surface area contributed by atoms with E-state index in [0.717, 1.165) is 0 Å². The van der Waals surface area contributed by atoms with Crippen LogP contribution in [0.3, 0.4) is 0 Å². The van der Waals surface area contributed by atoms with Crippen LogP contribution >= 0.6 is 23.2 Å². The molecule has 4 N–H and O–H groups in total. The van der Waals surface area contributed by atoms with Gasteiger partial charge in [0.15, 0.2) is 0 Å². The van der Waals surface area contributed by atoms with Crippen molar-refractivity contribution in [2.75, 3.05) is 18.9 Å². The van der Waals surface area contributed by atoms with Crippen molar-refractivity contribution in [1.82, 2.24) is 9.97 Å². The second kappa shape index (κ2) is 6.06. The zero-order valence-corrected chi connectivity index (χ0v) is 11.4. The summed E-state index contributed by atoms with van der Waals surface area (Å²) in [6, 6.07) is 6.87. The Labute approximate surface area is 120 Å². The van der Waals surface area contributed by atoms with Crippen molar-refractivity contribution in [1.29, 1.82) is 0 Å². The third-order valence-electron chi connectivity index (χ3n) is 2.32. The third-order valence-corrected chi connectivity index (χ3v) is 2.83.